The van der Waals surface area contributed by atoms with Crippen LogP contribution in [0.25, 0.3) is 0 Å². The minimum Gasteiger partial charge on any atom is -0.369 e. The van der Waals surface area contributed by atoms with Crippen LogP contribution < -0.4 is 0 Å². The molecule has 1 N–H and O–H groups in total. The first kappa shape index (κ1) is 16.5. The van der Waals surface area contributed by atoms with Crippen molar-refractivity contribution < 1.29 is 5.11 Å². The summed E-state index contributed by atoms with van der Waals surface area (Å²) in [7, 11) is -1.59. The van der Waals surface area contributed by atoms with Crippen LogP contribution in [0, 0.1) is 25.3 Å². The van der Waals surface area contributed by atoms with E-state index in [4.69, 9.17) is 0 Å². The maximum absolute atomic E-state index is 11.5. The van der Waals surface area contributed by atoms with Crippen LogP contribution in [0.5, 0.6) is 0 Å². The highest BCUT2D eigenvalue weighted by Gasteiger charge is 2.32. The second-order valence-electron chi connectivity index (χ2n) is 6.84. The lowest BCUT2D eigenvalue weighted by molar-refractivity contribution is 0.144. The molecule has 2 heteroatoms. The molecule has 0 atom stereocenters. The fourth-order valence-corrected chi connectivity index (χ4v) is 3.07. The molecular formula is C20H24OSi. The van der Waals surface area contributed by atoms with E-state index >= 15 is 0 Å². The Balaban J connectivity index is 2.73. The zero-order chi connectivity index (χ0) is 16.4. The molecule has 0 heterocycles. The Kier molecular flexibility index (Phi) is 4.60. The highest BCUT2D eigenvalue weighted by atomic mass is 28.3. The maximum atomic E-state index is 11.5. The van der Waals surface area contributed by atoms with Gasteiger partial charge in [0.15, 0.2) is 5.60 Å². The van der Waals surface area contributed by atoms with Gasteiger partial charge in [0.1, 0.15) is 8.07 Å². The van der Waals surface area contributed by atoms with E-state index in [1.807, 2.05) is 62.4 Å². The Morgan fingerprint density at radius 1 is 0.818 bits per heavy atom. The van der Waals surface area contributed by atoms with Crippen LogP contribution in [0.2, 0.25) is 19.6 Å². The third-order valence-electron chi connectivity index (χ3n) is 3.69. The van der Waals surface area contributed by atoms with Gasteiger partial charge in [0, 0.05) is 11.1 Å². The molecule has 2 aromatic carbocycles. The molecule has 0 unspecified atom stereocenters. The van der Waals surface area contributed by atoms with Gasteiger partial charge >= 0.3 is 0 Å². The average Bonchev–Trinajstić information content (AvgIpc) is 2.45. The maximum Gasteiger partial charge on any atom is 0.176 e. The smallest absolute Gasteiger partial charge is 0.176 e. The summed E-state index contributed by atoms with van der Waals surface area (Å²) in [6.45, 7) is 10.6. The lowest BCUT2D eigenvalue weighted by Gasteiger charge is -2.27. The first-order chi connectivity index (χ1) is 10.2. The molecule has 22 heavy (non-hydrogen) atoms. The van der Waals surface area contributed by atoms with Gasteiger partial charge in [-0.25, -0.2) is 0 Å². The van der Waals surface area contributed by atoms with E-state index in [0.29, 0.717) is 0 Å². The second-order valence-corrected chi connectivity index (χ2v) is 11.6. The molecule has 0 aliphatic carbocycles. The van der Waals surface area contributed by atoms with Crippen molar-refractivity contribution in [2.24, 2.45) is 0 Å². The Hall–Kier alpha value is -1.82. The summed E-state index contributed by atoms with van der Waals surface area (Å²) in [5.74, 6) is 3.22. The molecule has 2 rings (SSSR count). The van der Waals surface area contributed by atoms with Crippen molar-refractivity contribution in [3.8, 4) is 11.5 Å². The molecule has 0 radical (unpaired) electrons. The van der Waals surface area contributed by atoms with E-state index < -0.39 is 13.7 Å². The van der Waals surface area contributed by atoms with Gasteiger partial charge in [-0.3, -0.25) is 0 Å². The number of aliphatic hydroxyl groups is 1. The van der Waals surface area contributed by atoms with Crippen molar-refractivity contribution in [1.82, 2.24) is 0 Å². The van der Waals surface area contributed by atoms with Crippen LogP contribution in [-0.2, 0) is 5.60 Å². The molecule has 0 spiro atoms. The highest BCUT2D eigenvalue weighted by Crippen LogP contribution is 2.33. The van der Waals surface area contributed by atoms with Gasteiger partial charge in [-0.15, -0.1) is 5.54 Å². The van der Waals surface area contributed by atoms with Crippen LogP contribution in [0.4, 0.5) is 0 Å². The molecule has 0 aliphatic rings. The third-order valence-corrected chi connectivity index (χ3v) is 4.56. The summed E-state index contributed by atoms with van der Waals surface area (Å²) < 4.78 is 0. The van der Waals surface area contributed by atoms with Crippen LogP contribution in [-0.4, -0.2) is 13.2 Å². The molecule has 0 saturated carbocycles. The summed E-state index contributed by atoms with van der Waals surface area (Å²) in [4.78, 5) is 0. The first-order valence-electron chi connectivity index (χ1n) is 7.63. The van der Waals surface area contributed by atoms with Gasteiger partial charge in [0.05, 0.1) is 0 Å². The van der Waals surface area contributed by atoms with Crippen molar-refractivity contribution in [3.63, 3.8) is 0 Å². The Labute approximate surface area is 135 Å². The van der Waals surface area contributed by atoms with E-state index in [-0.39, 0.29) is 0 Å². The molecule has 0 aromatic heterocycles. The van der Waals surface area contributed by atoms with Crippen molar-refractivity contribution in [1.29, 1.82) is 0 Å². The predicted molar refractivity (Wildman–Crippen MR) is 96.5 cm³/mol. The van der Waals surface area contributed by atoms with Gasteiger partial charge in [-0.05, 0) is 25.0 Å². The van der Waals surface area contributed by atoms with Gasteiger partial charge in [0.25, 0.3) is 0 Å². The van der Waals surface area contributed by atoms with Gasteiger partial charge in [-0.1, -0.05) is 74.1 Å². The normalized spacial score (nSPS) is 11.7. The molecule has 0 bridgehead atoms. The van der Waals surface area contributed by atoms with Crippen LogP contribution >= 0.6 is 0 Å². The topological polar surface area (TPSA) is 20.2 Å². The summed E-state index contributed by atoms with van der Waals surface area (Å²) in [5.41, 5.74) is 5.95. The monoisotopic (exact) mass is 308 g/mol. The van der Waals surface area contributed by atoms with Crippen molar-refractivity contribution in [2.45, 2.75) is 39.1 Å². The third kappa shape index (κ3) is 3.49. The zero-order valence-electron chi connectivity index (χ0n) is 14.1. The van der Waals surface area contributed by atoms with E-state index in [0.717, 1.165) is 22.3 Å². The number of hydrogen-bond acceptors (Lipinski definition) is 1. The van der Waals surface area contributed by atoms with E-state index in [1.165, 1.54) is 0 Å². The van der Waals surface area contributed by atoms with Gasteiger partial charge in [0.2, 0.25) is 0 Å². The van der Waals surface area contributed by atoms with E-state index in [2.05, 4.69) is 31.1 Å². The Bertz CT molecular complexity index is 684. The lowest BCUT2D eigenvalue weighted by atomic mass is 9.82. The fourth-order valence-electron chi connectivity index (χ4n) is 2.52. The lowest BCUT2D eigenvalue weighted by Crippen LogP contribution is -2.29. The summed E-state index contributed by atoms with van der Waals surface area (Å²) in [6.07, 6.45) is 0. The molecule has 1 nitrogen and oxygen atoms in total. The fraction of sp³-hybridized carbons (Fsp3) is 0.300. The van der Waals surface area contributed by atoms with Crippen molar-refractivity contribution >= 4 is 8.07 Å². The Morgan fingerprint density at radius 3 is 1.59 bits per heavy atom. The van der Waals surface area contributed by atoms with Gasteiger partial charge in [-0.2, -0.15) is 0 Å². The average molecular weight is 308 g/mol. The Morgan fingerprint density at radius 2 is 1.23 bits per heavy atom. The number of aryl methyl sites for hydroxylation is 2. The second kappa shape index (κ2) is 6.12. The van der Waals surface area contributed by atoms with E-state index in [1.54, 1.807) is 0 Å². The molecule has 2 aromatic rings. The summed E-state index contributed by atoms with van der Waals surface area (Å²) >= 11 is 0. The summed E-state index contributed by atoms with van der Waals surface area (Å²) in [6, 6.07) is 15.9. The quantitative estimate of drug-likeness (QED) is 0.643. The predicted octanol–water partition coefficient (Wildman–Crippen LogP) is 4.42. The number of rotatable bonds is 2. The number of benzene rings is 2. The summed E-state index contributed by atoms with van der Waals surface area (Å²) in [5, 5.41) is 11.5. The molecule has 114 valence electrons. The van der Waals surface area contributed by atoms with Gasteiger partial charge < -0.3 is 5.11 Å². The standard InChI is InChI=1S/C20H24OSi/c1-16-10-6-8-12-18(16)20(21,14-15-22(3,4)5)19-13-9-7-11-17(19)2/h6-13,21H,1-5H3. The van der Waals surface area contributed by atoms with Crippen LogP contribution in [0.3, 0.4) is 0 Å². The van der Waals surface area contributed by atoms with E-state index in [9.17, 15) is 5.11 Å². The molecule has 0 aliphatic heterocycles. The molecule has 0 amide bonds. The molecule has 0 fully saturated rings. The first-order valence-corrected chi connectivity index (χ1v) is 11.1. The highest BCUT2D eigenvalue weighted by molar-refractivity contribution is 6.83. The minimum absolute atomic E-state index is 0.870. The van der Waals surface area contributed by atoms with Crippen molar-refractivity contribution in [2.75, 3.05) is 0 Å². The number of hydrogen-bond donors (Lipinski definition) is 1. The van der Waals surface area contributed by atoms with Crippen molar-refractivity contribution in [3.05, 3.63) is 70.8 Å². The SMILES string of the molecule is Cc1ccccc1C(O)(C#C[Si](C)(C)C)c1ccccc1C. The van der Waals surface area contributed by atoms with Crippen LogP contribution in [0.1, 0.15) is 22.3 Å². The molecule has 0 saturated heterocycles. The zero-order valence-corrected chi connectivity index (χ0v) is 15.1. The molecular weight excluding hydrogens is 284 g/mol. The minimum atomic E-state index is -1.59. The largest absolute Gasteiger partial charge is 0.369 e. The van der Waals surface area contributed by atoms with Crippen LogP contribution in [0.15, 0.2) is 48.5 Å².